The van der Waals surface area contributed by atoms with Crippen LogP contribution in [0.15, 0.2) is 36.4 Å². The van der Waals surface area contributed by atoms with Crippen LogP contribution in [0.25, 0.3) is 20.8 Å². The second-order valence-corrected chi connectivity index (χ2v) is 8.02. The summed E-state index contributed by atoms with van der Waals surface area (Å²) < 4.78 is 3.55. The Morgan fingerprint density at radius 3 is 2.32 bits per heavy atom. The molecule has 6 heteroatoms. The molecule has 0 bridgehead atoms. The maximum atomic E-state index is 9.31. The second-order valence-electron chi connectivity index (χ2n) is 6.94. The molecule has 150 valence electrons. The molecule has 0 fully saturated rings. The van der Waals surface area contributed by atoms with E-state index in [1.54, 1.807) is 11.3 Å². The van der Waals surface area contributed by atoms with Crippen molar-refractivity contribution in [3.05, 3.63) is 41.8 Å². The number of fused-ring (bicyclic) bond motifs is 2. The fourth-order valence-corrected chi connectivity index (χ4v) is 4.55. The van der Waals surface area contributed by atoms with Crippen LogP contribution in [-0.4, -0.2) is 54.6 Å². The molecular formula is C22H30N3O2S+. The van der Waals surface area contributed by atoms with Crippen molar-refractivity contribution in [1.82, 2.24) is 9.56 Å². The summed E-state index contributed by atoms with van der Waals surface area (Å²) in [5.74, 6) is 0. The molecule has 2 aliphatic rings. The molecule has 0 unspecified atom stereocenters. The number of nitrogens with zero attached hydrogens (tertiary/aromatic N) is 3. The predicted octanol–water partition coefficient (Wildman–Crippen LogP) is 2.78. The van der Waals surface area contributed by atoms with Crippen LogP contribution in [0.2, 0.25) is 0 Å². The van der Waals surface area contributed by atoms with Crippen molar-refractivity contribution in [2.75, 3.05) is 44.3 Å². The lowest BCUT2D eigenvalue weighted by molar-refractivity contribution is 0.281. The molecular weight excluding hydrogens is 370 g/mol. The molecule has 0 spiro atoms. The zero-order valence-electron chi connectivity index (χ0n) is 16.8. The van der Waals surface area contributed by atoms with Crippen LogP contribution in [0.5, 0.6) is 0 Å². The van der Waals surface area contributed by atoms with E-state index < -0.39 is 0 Å². The minimum absolute atomic E-state index is 0.0610. The molecule has 1 aliphatic carbocycles. The molecule has 28 heavy (non-hydrogen) atoms. The monoisotopic (exact) mass is 400 g/mol. The lowest BCUT2D eigenvalue weighted by atomic mass is 10.2. The summed E-state index contributed by atoms with van der Waals surface area (Å²) in [6.07, 6.45) is 2.26. The van der Waals surface area contributed by atoms with Gasteiger partial charge in [0.15, 0.2) is 0 Å². The number of hydrogen-bond donors (Lipinski definition) is 2. The predicted molar refractivity (Wildman–Crippen MR) is 118 cm³/mol. The van der Waals surface area contributed by atoms with Gasteiger partial charge in [-0.2, -0.15) is 0 Å². The number of hydrogen-bond acceptors (Lipinski definition) is 5. The SMILES string of the molecule is CCC[N+](CCC)=c1ccc2nc3ccc(N(CCO)CCO)cc3sc-2c1. The third kappa shape index (κ3) is 4.69. The highest BCUT2D eigenvalue weighted by Gasteiger charge is 2.12. The first-order chi connectivity index (χ1) is 13.7. The van der Waals surface area contributed by atoms with E-state index in [1.807, 2.05) is 17.0 Å². The smallest absolute Gasteiger partial charge is 0.201 e. The van der Waals surface area contributed by atoms with Gasteiger partial charge in [0.05, 0.1) is 34.0 Å². The average Bonchev–Trinajstić information content (AvgIpc) is 2.71. The second kappa shape index (κ2) is 9.96. The van der Waals surface area contributed by atoms with Gasteiger partial charge >= 0.3 is 0 Å². The van der Waals surface area contributed by atoms with Gasteiger partial charge in [-0.15, -0.1) is 11.3 Å². The molecule has 1 aromatic carbocycles. The Labute approximate surface area is 170 Å². The van der Waals surface area contributed by atoms with E-state index in [4.69, 9.17) is 4.98 Å². The fraction of sp³-hybridized carbons (Fsp3) is 0.455. The molecule has 2 N–H and O–H groups in total. The highest BCUT2D eigenvalue weighted by atomic mass is 32.1. The summed E-state index contributed by atoms with van der Waals surface area (Å²) in [4.78, 5) is 8.01. The molecule has 3 rings (SSSR count). The van der Waals surface area contributed by atoms with Crippen molar-refractivity contribution >= 4 is 27.2 Å². The van der Waals surface area contributed by atoms with Crippen molar-refractivity contribution in [3.63, 3.8) is 0 Å². The van der Waals surface area contributed by atoms with E-state index in [0.29, 0.717) is 13.1 Å². The molecule has 0 amide bonds. The molecule has 5 nitrogen and oxygen atoms in total. The highest BCUT2D eigenvalue weighted by Crippen LogP contribution is 2.31. The van der Waals surface area contributed by atoms with Gasteiger partial charge < -0.3 is 15.1 Å². The molecule has 0 saturated carbocycles. The maximum absolute atomic E-state index is 9.31. The Bertz CT molecular complexity index is 940. The van der Waals surface area contributed by atoms with Gasteiger partial charge in [-0.25, -0.2) is 9.56 Å². The minimum Gasteiger partial charge on any atom is -0.395 e. The maximum Gasteiger partial charge on any atom is 0.201 e. The zero-order valence-corrected chi connectivity index (χ0v) is 17.6. The average molecular weight is 401 g/mol. The topological polar surface area (TPSA) is 59.6 Å². The normalized spacial score (nSPS) is 11.3. The van der Waals surface area contributed by atoms with E-state index in [0.717, 1.165) is 47.5 Å². The molecule has 1 aliphatic heterocycles. The Kier molecular flexibility index (Phi) is 7.36. The number of aromatic nitrogens is 1. The summed E-state index contributed by atoms with van der Waals surface area (Å²) in [5.41, 5.74) is 2.99. The van der Waals surface area contributed by atoms with Crippen LogP contribution in [0.3, 0.4) is 0 Å². The molecule has 0 aromatic heterocycles. The lowest BCUT2D eigenvalue weighted by Crippen LogP contribution is -2.31. The van der Waals surface area contributed by atoms with Gasteiger partial charge in [-0.05, 0) is 24.3 Å². The molecule has 0 radical (unpaired) electrons. The minimum atomic E-state index is 0.0610. The van der Waals surface area contributed by atoms with Gasteiger partial charge in [0.25, 0.3) is 0 Å². The van der Waals surface area contributed by atoms with Gasteiger partial charge in [0, 0.05) is 43.8 Å². The summed E-state index contributed by atoms with van der Waals surface area (Å²) in [6, 6.07) is 12.7. The van der Waals surface area contributed by atoms with Crippen molar-refractivity contribution in [3.8, 4) is 10.6 Å². The fourth-order valence-electron chi connectivity index (χ4n) is 3.52. The number of aliphatic hydroxyl groups is 2. The van der Waals surface area contributed by atoms with E-state index in [-0.39, 0.29) is 13.2 Å². The molecule has 1 heterocycles. The number of rotatable bonds is 9. The van der Waals surface area contributed by atoms with Crippen LogP contribution >= 0.6 is 11.3 Å². The largest absolute Gasteiger partial charge is 0.395 e. The highest BCUT2D eigenvalue weighted by molar-refractivity contribution is 7.21. The summed E-state index contributed by atoms with van der Waals surface area (Å²) >= 11 is 1.75. The van der Waals surface area contributed by atoms with E-state index in [2.05, 4.69) is 42.7 Å². The van der Waals surface area contributed by atoms with Crippen molar-refractivity contribution < 1.29 is 10.2 Å². The molecule has 1 aromatic rings. The zero-order chi connectivity index (χ0) is 19.9. The number of benzene rings is 2. The van der Waals surface area contributed by atoms with Crippen molar-refractivity contribution in [2.24, 2.45) is 0 Å². The Hall–Kier alpha value is -2.02. The quantitative estimate of drug-likeness (QED) is 0.428. The van der Waals surface area contributed by atoms with E-state index in [9.17, 15) is 10.2 Å². The standard InChI is InChI=1S/C22H30N3O2S/c1-3-9-24(10-4-2)17-5-7-19-21(15-17)28-22-16-18(6-8-20(22)23-19)25(11-13-26)12-14-27/h5-8,15-16,26-27H,3-4,9-14H2,1-2H3/q+1. The third-order valence-electron chi connectivity index (χ3n) is 4.80. The van der Waals surface area contributed by atoms with Gasteiger partial charge in [-0.3, -0.25) is 0 Å². The van der Waals surface area contributed by atoms with Crippen LogP contribution < -0.4 is 14.8 Å². The molecule has 0 saturated heterocycles. The van der Waals surface area contributed by atoms with Gasteiger partial charge in [0.2, 0.25) is 5.36 Å². The van der Waals surface area contributed by atoms with Crippen LogP contribution in [0.1, 0.15) is 26.7 Å². The van der Waals surface area contributed by atoms with Crippen LogP contribution in [0, 0.1) is 0 Å². The number of aliphatic hydroxyl groups excluding tert-OH is 2. The van der Waals surface area contributed by atoms with Gasteiger partial charge in [-0.1, -0.05) is 13.8 Å². The van der Waals surface area contributed by atoms with E-state index >= 15 is 0 Å². The Morgan fingerprint density at radius 2 is 1.68 bits per heavy atom. The summed E-state index contributed by atoms with van der Waals surface area (Å²) in [7, 11) is 0. The first-order valence-corrected chi connectivity index (χ1v) is 10.9. The van der Waals surface area contributed by atoms with Gasteiger partial charge in [0.1, 0.15) is 13.1 Å². The Morgan fingerprint density at radius 1 is 0.964 bits per heavy atom. The molecule has 0 atom stereocenters. The Balaban J connectivity index is 2.10. The van der Waals surface area contributed by atoms with Crippen LogP contribution in [0.4, 0.5) is 5.69 Å². The van der Waals surface area contributed by atoms with Crippen molar-refractivity contribution in [1.29, 1.82) is 0 Å². The van der Waals surface area contributed by atoms with Crippen LogP contribution in [-0.2, 0) is 0 Å². The number of anilines is 1. The lowest BCUT2D eigenvalue weighted by Gasteiger charge is -2.23. The third-order valence-corrected chi connectivity index (χ3v) is 5.90. The summed E-state index contributed by atoms with van der Waals surface area (Å²) in [6.45, 7) is 7.69. The summed E-state index contributed by atoms with van der Waals surface area (Å²) in [5, 5.41) is 19.9. The first kappa shape index (κ1) is 20.7. The first-order valence-electron chi connectivity index (χ1n) is 10.1. The van der Waals surface area contributed by atoms with Crippen molar-refractivity contribution in [2.45, 2.75) is 26.7 Å². The van der Waals surface area contributed by atoms with E-state index in [1.165, 1.54) is 10.2 Å².